The van der Waals surface area contributed by atoms with Crippen molar-refractivity contribution in [2.45, 2.75) is 161 Å². The Morgan fingerprint density at radius 1 is 0.792 bits per heavy atom. The van der Waals surface area contributed by atoms with Crippen molar-refractivity contribution >= 4 is 66.8 Å². The Kier molecular flexibility index (Phi) is 10.9. The largest absolute Gasteiger partial charge is 0.256 e. The Labute approximate surface area is 302 Å². The van der Waals surface area contributed by atoms with E-state index in [4.69, 9.17) is 13.7 Å². The molecule has 0 saturated heterocycles. The smallest absolute Gasteiger partial charge is 0.114 e. The van der Waals surface area contributed by atoms with Gasteiger partial charge in [0.1, 0.15) is 11.0 Å². The summed E-state index contributed by atoms with van der Waals surface area (Å²) >= 11 is 5.54. The lowest BCUT2D eigenvalue weighted by Gasteiger charge is -2.25. The first-order valence-corrected chi connectivity index (χ1v) is 21.2. The molecule has 3 nitrogen and oxygen atoms in total. The minimum absolute atomic E-state index is 0.0951. The lowest BCUT2D eigenvalue weighted by atomic mass is 9.82. The molecule has 0 aliphatic carbocycles. The van der Waals surface area contributed by atoms with Crippen molar-refractivity contribution in [1.82, 2.24) is 13.7 Å². The van der Waals surface area contributed by atoms with Crippen LogP contribution in [0.3, 0.4) is 0 Å². The van der Waals surface area contributed by atoms with E-state index < -0.39 is 0 Å². The van der Waals surface area contributed by atoms with Crippen LogP contribution in [0.1, 0.15) is 147 Å². The van der Waals surface area contributed by atoms with Crippen molar-refractivity contribution in [1.29, 1.82) is 0 Å². The van der Waals surface area contributed by atoms with Gasteiger partial charge >= 0.3 is 0 Å². The second kappa shape index (κ2) is 14.7. The first-order chi connectivity index (χ1) is 23.0. The Morgan fingerprint density at radius 2 is 1.44 bits per heavy atom. The molecule has 258 valence electrons. The van der Waals surface area contributed by atoms with Crippen LogP contribution in [0.25, 0.3) is 42.5 Å². The molecule has 0 bridgehead atoms. The van der Waals surface area contributed by atoms with Gasteiger partial charge in [0.15, 0.2) is 0 Å². The number of hydrogen-bond acceptors (Lipinski definition) is 6. The maximum absolute atomic E-state index is 5.06. The van der Waals surface area contributed by atoms with Gasteiger partial charge in [-0.05, 0) is 89.6 Å². The number of nitrogens with zero attached hydrogens (tertiary/aromatic N) is 3. The summed E-state index contributed by atoms with van der Waals surface area (Å²) < 4.78 is 11.5. The molecule has 3 aromatic heterocycles. The topological polar surface area (TPSA) is 38.7 Å². The van der Waals surface area contributed by atoms with Gasteiger partial charge in [-0.25, -0.2) is 0 Å². The first kappa shape index (κ1) is 35.8. The molecule has 1 aliphatic heterocycles. The molecule has 0 amide bonds. The van der Waals surface area contributed by atoms with Gasteiger partial charge in [-0.1, -0.05) is 107 Å². The highest BCUT2D eigenvalue weighted by Crippen LogP contribution is 2.55. The monoisotopic (exact) mass is 699 g/mol. The van der Waals surface area contributed by atoms with E-state index in [0.717, 1.165) is 16.6 Å². The third-order valence-corrected chi connectivity index (χ3v) is 14.2. The number of hydrogen-bond donors (Lipinski definition) is 0. The first-order valence-electron chi connectivity index (χ1n) is 18.8. The molecule has 1 unspecified atom stereocenters. The summed E-state index contributed by atoms with van der Waals surface area (Å²) in [5, 5.41) is 3.37. The minimum Gasteiger partial charge on any atom is -0.256 e. The third kappa shape index (κ3) is 6.97. The summed E-state index contributed by atoms with van der Waals surface area (Å²) in [4.78, 5) is 7.98. The van der Waals surface area contributed by atoms with Crippen LogP contribution in [0.5, 0.6) is 0 Å². The summed E-state index contributed by atoms with van der Waals surface area (Å²) in [5.74, 6) is 0. The Balaban J connectivity index is 1.59. The lowest BCUT2D eigenvalue weighted by molar-refractivity contribution is 0.395. The number of thioether (sulfide) groups is 1. The lowest BCUT2D eigenvalue weighted by Crippen LogP contribution is -2.22. The highest BCUT2D eigenvalue weighted by Gasteiger charge is 2.37. The number of benzene rings is 2. The molecule has 4 heterocycles. The molecular weight excluding hydrogens is 643 g/mol. The van der Waals surface area contributed by atoms with Crippen molar-refractivity contribution in [2.24, 2.45) is 5.41 Å². The average molecular weight is 700 g/mol. The van der Waals surface area contributed by atoms with Gasteiger partial charge in [0, 0.05) is 42.4 Å². The second-order valence-corrected chi connectivity index (χ2v) is 19.2. The number of rotatable bonds is 13. The zero-order valence-corrected chi connectivity index (χ0v) is 33.5. The summed E-state index contributed by atoms with van der Waals surface area (Å²) in [6.07, 6.45) is 18.8. The van der Waals surface area contributed by atoms with Gasteiger partial charge in [-0.3, -0.25) is 4.98 Å². The number of pyridine rings is 1. The average Bonchev–Trinajstić information content (AvgIpc) is 3.78. The molecule has 0 saturated carbocycles. The highest BCUT2D eigenvalue weighted by atomic mass is 32.2. The van der Waals surface area contributed by atoms with Crippen molar-refractivity contribution in [2.75, 3.05) is 0 Å². The fourth-order valence-electron chi connectivity index (χ4n) is 7.88. The quantitative estimate of drug-likeness (QED) is 0.115. The van der Waals surface area contributed by atoms with E-state index in [0.29, 0.717) is 5.25 Å². The maximum Gasteiger partial charge on any atom is 0.114 e. The standard InChI is InChI=1S/C42H57N3S3/c1-10-12-14-16-18-20-27-28(21-19-17-15-13-11-2)30-25-32(41(4,5)6)47-40(30)39-29(27)24-31(46-39)34-33-26(3)22-23-43-36(33)35(42(7,8)9)38-37(34)44-48-45-38/h22-24,32H,10-21,25H2,1-9H3. The minimum atomic E-state index is -0.0951. The number of thiophene rings is 1. The van der Waals surface area contributed by atoms with E-state index in [1.54, 1.807) is 21.6 Å². The van der Waals surface area contributed by atoms with Crippen LogP contribution in [0.4, 0.5) is 0 Å². The molecule has 48 heavy (non-hydrogen) atoms. The van der Waals surface area contributed by atoms with Crippen LogP contribution in [0.2, 0.25) is 0 Å². The van der Waals surface area contributed by atoms with Crippen molar-refractivity contribution in [3.05, 3.63) is 46.1 Å². The number of unbranched alkanes of at least 4 members (excludes halogenated alkanes) is 8. The predicted molar refractivity (Wildman–Crippen MR) is 215 cm³/mol. The van der Waals surface area contributed by atoms with Crippen LogP contribution >= 0.6 is 34.8 Å². The van der Waals surface area contributed by atoms with Crippen LogP contribution in [0.15, 0.2) is 23.2 Å². The van der Waals surface area contributed by atoms with Gasteiger partial charge in [-0.2, -0.15) is 8.75 Å². The highest BCUT2D eigenvalue weighted by molar-refractivity contribution is 8.00. The van der Waals surface area contributed by atoms with Gasteiger partial charge in [0.25, 0.3) is 0 Å². The van der Waals surface area contributed by atoms with Gasteiger partial charge in [-0.15, -0.1) is 23.1 Å². The molecule has 6 heteroatoms. The Bertz CT molecular complexity index is 1900. The molecule has 0 N–H and O–H groups in total. The number of aryl methyl sites for hydroxylation is 2. The van der Waals surface area contributed by atoms with E-state index in [-0.39, 0.29) is 10.8 Å². The third-order valence-electron chi connectivity index (χ3n) is 10.5. The summed E-state index contributed by atoms with van der Waals surface area (Å²) in [7, 11) is 0. The number of aromatic nitrogens is 3. The fraction of sp³-hybridized carbons (Fsp3) is 0.595. The van der Waals surface area contributed by atoms with Gasteiger partial charge < -0.3 is 0 Å². The van der Waals surface area contributed by atoms with E-state index in [1.807, 2.05) is 17.5 Å². The number of fused-ring (bicyclic) bond motifs is 5. The van der Waals surface area contributed by atoms with Gasteiger partial charge in [0.05, 0.1) is 17.2 Å². The molecular formula is C42H57N3S3. The van der Waals surface area contributed by atoms with Crippen molar-refractivity contribution in [3.63, 3.8) is 0 Å². The van der Waals surface area contributed by atoms with Crippen LogP contribution in [-0.2, 0) is 24.7 Å². The van der Waals surface area contributed by atoms with E-state index >= 15 is 0 Å². The van der Waals surface area contributed by atoms with Crippen molar-refractivity contribution in [3.8, 4) is 10.4 Å². The molecule has 0 fully saturated rings. The summed E-state index contributed by atoms with van der Waals surface area (Å²) in [6, 6.07) is 4.75. The molecule has 5 aromatic rings. The molecule has 0 spiro atoms. The zero-order valence-electron chi connectivity index (χ0n) is 31.1. The molecule has 6 rings (SSSR count). The summed E-state index contributed by atoms with van der Waals surface area (Å²) in [6.45, 7) is 21.1. The zero-order chi connectivity index (χ0) is 34.2. The van der Waals surface area contributed by atoms with E-state index in [1.165, 1.54) is 132 Å². The molecule has 1 atom stereocenters. The maximum atomic E-state index is 5.06. The van der Waals surface area contributed by atoms with Crippen molar-refractivity contribution < 1.29 is 0 Å². The van der Waals surface area contributed by atoms with Crippen LogP contribution in [-0.4, -0.2) is 19.0 Å². The van der Waals surface area contributed by atoms with E-state index in [2.05, 4.69) is 86.2 Å². The summed E-state index contributed by atoms with van der Waals surface area (Å²) in [5.41, 5.74) is 12.1. The predicted octanol–water partition coefficient (Wildman–Crippen LogP) is 13.8. The Morgan fingerprint density at radius 3 is 2.08 bits per heavy atom. The van der Waals surface area contributed by atoms with Crippen LogP contribution < -0.4 is 0 Å². The normalized spacial score (nSPS) is 15.4. The fourth-order valence-corrected chi connectivity index (χ4v) is 11.4. The van der Waals surface area contributed by atoms with E-state index in [9.17, 15) is 0 Å². The molecule has 2 aromatic carbocycles. The second-order valence-electron chi connectivity index (χ2n) is 16.4. The molecule has 0 radical (unpaired) electrons. The van der Waals surface area contributed by atoms with Crippen LogP contribution in [0, 0.1) is 12.3 Å². The molecule has 1 aliphatic rings. The SMILES string of the molecule is CCCCCCCc1c2c(c3sc(-c4c5nsnc5c(C(C)(C)C)c5nccc(C)c45)cc3c1CCCCCCC)SC(C(C)(C)C)C2. The van der Waals surface area contributed by atoms with Gasteiger partial charge in [0.2, 0.25) is 0 Å². The Hall–Kier alpha value is -2.02.